The fraction of sp³-hybridized carbons (Fsp3) is 0.176. The van der Waals surface area contributed by atoms with E-state index in [0.717, 1.165) is 31.4 Å². The van der Waals surface area contributed by atoms with Gasteiger partial charge in [0, 0.05) is 29.3 Å². The van der Waals surface area contributed by atoms with Gasteiger partial charge in [-0.25, -0.2) is 13.6 Å². The Kier molecular flexibility index (Phi) is 5.61. The van der Waals surface area contributed by atoms with Gasteiger partial charge in [-0.05, 0) is 19.1 Å². The number of nitrogens with zero attached hydrogens (tertiary/aromatic N) is 1. The van der Waals surface area contributed by atoms with E-state index in [1.807, 2.05) is 0 Å². The van der Waals surface area contributed by atoms with E-state index >= 15 is 0 Å². The molecule has 26 heavy (non-hydrogen) atoms. The van der Waals surface area contributed by atoms with Crippen LogP contribution >= 0.6 is 0 Å². The minimum Gasteiger partial charge on any atom is -0.465 e. The molecule has 0 fully saturated rings. The molecular weight excluding hydrogens is 350 g/mol. The molecule has 136 valence electrons. The number of carbonyl (C=O) groups excluding carboxylic acids is 2. The van der Waals surface area contributed by atoms with Gasteiger partial charge in [-0.3, -0.25) is 14.9 Å². The van der Waals surface area contributed by atoms with Crippen molar-refractivity contribution >= 4 is 17.6 Å². The second-order valence-corrected chi connectivity index (χ2v) is 5.38. The lowest BCUT2D eigenvalue weighted by Crippen LogP contribution is -2.27. The second-order valence-electron chi connectivity index (χ2n) is 5.38. The fourth-order valence-electron chi connectivity index (χ4n) is 2.29. The Labute approximate surface area is 146 Å². The Morgan fingerprint density at radius 3 is 2.38 bits per heavy atom. The van der Waals surface area contributed by atoms with Crippen LogP contribution < -0.4 is 5.32 Å². The highest BCUT2D eigenvalue weighted by molar-refractivity contribution is 5.99. The lowest BCUT2D eigenvalue weighted by atomic mass is 10.1. The van der Waals surface area contributed by atoms with Crippen LogP contribution in [0.25, 0.3) is 0 Å². The molecule has 0 unspecified atom stereocenters. The van der Waals surface area contributed by atoms with Crippen LogP contribution in [0.15, 0.2) is 36.4 Å². The molecule has 0 aliphatic rings. The van der Waals surface area contributed by atoms with Gasteiger partial charge in [-0.15, -0.1) is 0 Å². The lowest BCUT2D eigenvalue weighted by molar-refractivity contribution is -0.384. The zero-order valence-corrected chi connectivity index (χ0v) is 13.8. The van der Waals surface area contributed by atoms with Crippen LogP contribution in [0.5, 0.6) is 0 Å². The number of nitrogens with one attached hydrogen (secondary N) is 1. The van der Waals surface area contributed by atoms with E-state index in [2.05, 4.69) is 10.1 Å². The van der Waals surface area contributed by atoms with E-state index in [-0.39, 0.29) is 16.7 Å². The molecule has 1 amide bonds. The van der Waals surface area contributed by atoms with E-state index in [0.29, 0.717) is 6.07 Å². The Morgan fingerprint density at radius 1 is 1.15 bits per heavy atom. The van der Waals surface area contributed by atoms with Gasteiger partial charge in [0.15, 0.2) is 0 Å². The molecular formula is C17H14F2N2O5. The minimum atomic E-state index is -0.847. The van der Waals surface area contributed by atoms with Crippen molar-refractivity contribution in [2.24, 2.45) is 0 Å². The average molecular weight is 364 g/mol. The molecule has 9 heteroatoms. The molecule has 0 heterocycles. The zero-order valence-electron chi connectivity index (χ0n) is 13.8. The summed E-state index contributed by atoms with van der Waals surface area (Å²) in [5.74, 6) is -3.21. The molecule has 0 saturated heterocycles. The van der Waals surface area contributed by atoms with Crippen LogP contribution in [0.3, 0.4) is 0 Å². The Bertz CT molecular complexity index is 885. The number of nitro groups is 1. The summed E-state index contributed by atoms with van der Waals surface area (Å²) >= 11 is 0. The predicted molar refractivity (Wildman–Crippen MR) is 86.7 cm³/mol. The molecule has 0 saturated carbocycles. The normalized spacial score (nSPS) is 11.5. The van der Waals surface area contributed by atoms with Crippen molar-refractivity contribution in [2.45, 2.75) is 13.0 Å². The van der Waals surface area contributed by atoms with Crippen molar-refractivity contribution in [3.05, 3.63) is 74.8 Å². The number of methoxy groups -OCH3 is 1. The number of carbonyl (C=O) groups is 2. The molecule has 0 radical (unpaired) electrons. The molecule has 7 nitrogen and oxygen atoms in total. The first-order chi connectivity index (χ1) is 12.2. The van der Waals surface area contributed by atoms with Gasteiger partial charge < -0.3 is 10.1 Å². The molecule has 0 aliphatic heterocycles. The summed E-state index contributed by atoms with van der Waals surface area (Å²) in [6, 6.07) is 5.15. The van der Waals surface area contributed by atoms with Gasteiger partial charge in [-0.2, -0.15) is 0 Å². The first-order valence-electron chi connectivity index (χ1n) is 7.36. The van der Waals surface area contributed by atoms with Gasteiger partial charge in [0.1, 0.15) is 11.6 Å². The molecule has 0 spiro atoms. The number of benzene rings is 2. The molecule has 1 N–H and O–H groups in total. The Morgan fingerprint density at radius 2 is 1.81 bits per heavy atom. The van der Waals surface area contributed by atoms with Crippen molar-refractivity contribution in [1.82, 2.24) is 5.32 Å². The number of nitro benzene ring substituents is 1. The monoisotopic (exact) mass is 364 g/mol. The molecule has 1 atom stereocenters. The summed E-state index contributed by atoms with van der Waals surface area (Å²) in [7, 11) is 1.10. The molecule has 0 aliphatic carbocycles. The van der Waals surface area contributed by atoms with Gasteiger partial charge in [0.2, 0.25) is 0 Å². The zero-order chi connectivity index (χ0) is 19.4. The largest absolute Gasteiger partial charge is 0.465 e. The van der Waals surface area contributed by atoms with Gasteiger partial charge in [0.25, 0.3) is 11.6 Å². The third-order valence-electron chi connectivity index (χ3n) is 3.59. The van der Waals surface area contributed by atoms with Crippen LogP contribution in [-0.2, 0) is 4.74 Å². The Balaban J connectivity index is 2.32. The van der Waals surface area contributed by atoms with E-state index in [9.17, 15) is 28.5 Å². The van der Waals surface area contributed by atoms with E-state index in [1.54, 1.807) is 0 Å². The number of non-ortho nitro benzene ring substituents is 1. The topological polar surface area (TPSA) is 98.5 Å². The standard InChI is InChI=1S/C17H14F2N2O5/c1-9(14-4-3-12(18)8-15(14)19)20-16(22)10-5-11(17(23)26-2)7-13(6-10)21(24)25/h3-9H,1-2H3,(H,20,22)/t9-/m1/s1. The maximum Gasteiger partial charge on any atom is 0.338 e. The van der Waals surface area contributed by atoms with E-state index < -0.39 is 40.2 Å². The van der Waals surface area contributed by atoms with E-state index in [1.165, 1.54) is 13.0 Å². The van der Waals surface area contributed by atoms with Crippen LogP contribution in [0.4, 0.5) is 14.5 Å². The number of rotatable bonds is 5. The van der Waals surface area contributed by atoms with Crippen LogP contribution in [0.2, 0.25) is 0 Å². The quantitative estimate of drug-likeness (QED) is 0.499. The molecule has 2 aromatic rings. The van der Waals surface area contributed by atoms with Crippen molar-refractivity contribution < 1.29 is 28.0 Å². The van der Waals surface area contributed by atoms with Crippen LogP contribution in [0, 0.1) is 21.7 Å². The SMILES string of the molecule is COC(=O)c1cc(C(=O)N[C@H](C)c2ccc(F)cc2F)cc([N+](=O)[O-])c1. The van der Waals surface area contributed by atoms with Crippen molar-refractivity contribution in [3.8, 4) is 0 Å². The third-order valence-corrected chi connectivity index (χ3v) is 3.59. The number of hydrogen-bond donors (Lipinski definition) is 1. The van der Waals surface area contributed by atoms with Gasteiger partial charge in [-0.1, -0.05) is 6.07 Å². The maximum atomic E-state index is 13.8. The van der Waals surface area contributed by atoms with Crippen molar-refractivity contribution in [3.63, 3.8) is 0 Å². The summed E-state index contributed by atoms with van der Waals surface area (Å²) in [6.45, 7) is 1.47. The maximum absolute atomic E-state index is 13.8. The van der Waals surface area contributed by atoms with Crippen molar-refractivity contribution in [2.75, 3.05) is 7.11 Å². The summed E-state index contributed by atoms with van der Waals surface area (Å²) in [6.07, 6.45) is 0. The van der Waals surface area contributed by atoms with Gasteiger partial charge >= 0.3 is 5.97 Å². The number of ether oxygens (including phenoxy) is 1. The lowest BCUT2D eigenvalue weighted by Gasteiger charge is -2.15. The van der Waals surface area contributed by atoms with E-state index in [4.69, 9.17) is 0 Å². The second kappa shape index (κ2) is 7.68. The molecule has 2 aromatic carbocycles. The molecule has 2 rings (SSSR count). The highest BCUT2D eigenvalue weighted by Gasteiger charge is 2.20. The fourth-order valence-corrected chi connectivity index (χ4v) is 2.29. The minimum absolute atomic E-state index is 0.0402. The van der Waals surface area contributed by atoms with Crippen LogP contribution in [0.1, 0.15) is 39.2 Å². The Hall–Kier alpha value is -3.36. The summed E-state index contributed by atoms with van der Waals surface area (Å²) in [5.41, 5.74) is -0.779. The van der Waals surface area contributed by atoms with Gasteiger partial charge in [0.05, 0.1) is 23.6 Å². The number of esters is 1. The number of amides is 1. The number of hydrogen-bond acceptors (Lipinski definition) is 5. The summed E-state index contributed by atoms with van der Waals surface area (Å²) < 4.78 is 31.3. The predicted octanol–water partition coefficient (Wildman–Crippen LogP) is 3.15. The molecule has 0 aromatic heterocycles. The smallest absolute Gasteiger partial charge is 0.338 e. The number of halogens is 2. The summed E-state index contributed by atoms with van der Waals surface area (Å²) in [5, 5.41) is 13.4. The first kappa shape index (κ1) is 19.0. The van der Waals surface area contributed by atoms with Crippen LogP contribution in [-0.4, -0.2) is 23.9 Å². The average Bonchev–Trinajstić information content (AvgIpc) is 2.60. The first-order valence-corrected chi connectivity index (χ1v) is 7.36. The highest BCUT2D eigenvalue weighted by Crippen LogP contribution is 2.21. The molecule has 0 bridgehead atoms. The van der Waals surface area contributed by atoms with Crippen molar-refractivity contribution in [1.29, 1.82) is 0 Å². The third kappa shape index (κ3) is 4.18. The highest BCUT2D eigenvalue weighted by atomic mass is 19.1. The summed E-state index contributed by atoms with van der Waals surface area (Å²) in [4.78, 5) is 34.2.